The van der Waals surface area contributed by atoms with Gasteiger partial charge in [0.15, 0.2) is 11.5 Å². The smallest absolute Gasteiger partial charge is 0.295 e. The van der Waals surface area contributed by atoms with E-state index in [1.807, 2.05) is 60.4 Å². The van der Waals surface area contributed by atoms with Crippen molar-refractivity contribution in [2.75, 3.05) is 23.3 Å². The fourth-order valence-corrected chi connectivity index (χ4v) is 4.65. The van der Waals surface area contributed by atoms with Crippen molar-refractivity contribution < 1.29 is 4.79 Å². The van der Waals surface area contributed by atoms with E-state index in [-0.39, 0.29) is 17.4 Å². The molecule has 1 aliphatic heterocycles. The summed E-state index contributed by atoms with van der Waals surface area (Å²) in [5.74, 6) is 0.243. The Hall–Kier alpha value is -3.71. The molecule has 8 heteroatoms. The van der Waals surface area contributed by atoms with E-state index in [1.54, 1.807) is 22.9 Å². The van der Waals surface area contributed by atoms with Gasteiger partial charge in [0.05, 0.1) is 6.54 Å². The summed E-state index contributed by atoms with van der Waals surface area (Å²) in [6, 6.07) is 19.0. The van der Waals surface area contributed by atoms with Gasteiger partial charge in [-0.3, -0.25) is 14.2 Å². The zero-order valence-corrected chi connectivity index (χ0v) is 20.2. The molecule has 0 spiro atoms. The molecule has 0 unspecified atom stereocenters. The highest BCUT2D eigenvalue weighted by Crippen LogP contribution is 2.24. The number of nitrogens with zero attached hydrogens (tertiary/aromatic N) is 4. The first-order valence-electron chi connectivity index (χ1n) is 11.7. The molecule has 0 bridgehead atoms. The van der Waals surface area contributed by atoms with Crippen LogP contribution in [0.25, 0.3) is 11.2 Å². The van der Waals surface area contributed by atoms with Crippen molar-refractivity contribution in [3.63, 3.8) is 0 Å². The highest BCUT2D eigenvalue weighted by atomic mass is 35.5. The monoisotopic (exact) mass is 487 g/mol. The number of piperidine rings is 1. The molecule has 7 nitrogen and oxygen atoms in total. The van der Waals surface area contributed by atoms with Crippen LogP contribution in [0.3, 0.4) is 0 Å². The molecule has 5 rings (SSSR count). The Balaban J connectivity index is 1.36. The average molecular weight is 488 g/mol. The molecule has 0 atom stereocenters. The number of benzene rings is 2. The van der Waals surface area contributed by atoms with E-state index in [2.05, 4.69) is 15.3 Å². The molecule has 2 aromatic carbocycles. The van der Waals surface area contributed by atoms with Gasteiger partial charge in [0.1, 0.15) is 5.52 Å². The lowest BCUT2D eigenvalue weighted by Crippen LogP contribution is -2.42. The van der Waals surface area contributed by atoms with Crippen molar-refractivity contribution in [1.29, 1.82) is 0 Å². The van der Waals surface area contributed by atoms with Crippen LogP contribution in [0.2, 0.25) is 5.02 Å². The fraction of sp³-hybridized carbons (Fsp3) is 0.259. The van der Waals surface area contributed by atoms with E-state index in [0.717, 1.165) is 5.56 Å². The quantitative estimate of drug-likeness (QED) is 0.443. The third kappa shape index (κ3) is 5.05. The molecule has 0 saturated carbocycles. The first kappa shape index (κ1) is 23.1. The number of hydrogen-bond acceptors (Lipinski definition) is 5. The maximum absolute atomic E-state index is 13.6. The number of amides is 1. The molecule has 4 aromatic rings. The lowest BCUT2D eigenvalue weighted by Gasteiger charge is -2.32. The Kier molecular flexibility index (Phi) is 6.51. The van der Waals surface area contributed by atoms with Crippen molar-refractivity contribution in [2.24, 2.45) is 5.92 Å². The molecule has 178 valence electrons. The van der Waals surface area contributed by atoms with Gasteiger partial charge in [0.25, 0.3) is 5.56 Å². The second kappa shape index (κ2) is 9.88. The van der Waals surface area contributed by atoms with E-state index >= 15 is 0 Å². The Morgan fingerprint density at radius 2 is 1.86 bits per heavy atom. The number of hydrogen-bond donors (Lipinski definition) is 1. The molecule has 1 amide bonds. The predicted molar refractivity (Wildman–Crippen MR) is 139 cm³/mol. The minimum absolute atomic E-state index is 0.0284. The molecule has 1 aliphatic rings. The third-order valence-electron chi connectivity index (χ3n) is 6.40. The van der Waals surface area contributed by atoms with Crippen LogP contribution >= 0.6 is 11.6 Å². The lowest BCUT2D eigenvalue weighted by molar-refractivity contribution is -0.120. The normalized spacial score (nSPS) is 14.3. The summed E-state index contributed by atoms with van der Waals surface area (Å²) < 4.78 is 1.69. The molecule has 1 saturated heterocycles. The number of aryl methyl sites for hydroxylation is 1. The van der Waals surface area contributed by atoms with Gasteiger partial charge < -0.3 is 10.2 Å². The molecule has 2 aromatic heterocycles. The first-order chi connectivity index (χ1) is 17.0. The number of rotatable bonds is 5. The molecule has 35 heavy (non-hydrogen) atoms. The number of aromatic nitrogens is 3. The van der Waals surface area contributed by atoms with Gasteiger partial charge in [-0.25, -0.2) is 9.97 Å². The minimum atomic E-state index is -0.168. The summed E-state index contributed by atoms with van der Waals surface area (Å²) >= 11 is 6.03. The summed E-state index contributed by atoms with van der Waals surface area (Å²) in [7, 11) is 0. The van der Waals surface area contributed by atoms with Gasteiger partial charge in [0, 0.05) is 35.9 Å². The van der Waals surface area contributed by atoms with Gasteiger partial charge in [0.2, 0.25) is 5.91 Å². The number of carbonyl (C=O) groups is 1. The van der Waals surface area contributed by atoms with Crippen molar-refractivity contribution in [1.82, 2.24) is 14.5 Å². The van der Waals surface area contributed by atoms with Crippen LogP contribution in [0.15, 0.2) is 71.7 Å². The highest BCUT2D eigenvalue weighted by Gasteiger charge is 2.28. The van der Waals surface area contributed by atoms with Crippen LogP contribution in [-0.2, 0) is 11.3 Å². The fourth-order valence-electron chi connectivity index (χ4n) is 4.46. The molecule has 0 radical (unpaired) electrons. The average Bonchev–Trinajstić information content (AvgIpc) is 2.87. The zero-order chi connectivity index (χ0) is 24.4. The standard InChI is InChI=1S/C27H26ClN5O2/c1-18-7-9-19(10-8-18)17-33-24-23(6-3-13-29-24)31-25(27(33)35)32-14-11-20(12-15-32)26(34)30-22-5-2-4-21(28)16-22/h2-10,13,16,20H,11-12,14-15,17H2,1H3,(H,30,34). The zero-order valence-electron chi connectivity index (χ0n) is 19.4. The topological polar surface area (TPSA) is 80.1 Å². The van der Waals surface area contributed by atoms with Gasteiger partial charge in [-0.15, -0.1) is 0 Å². The van der Waals surface area contributed by atoms with Crippen LogP contribution in [0.4, 0.5) is 11.5 Å². The van der Waals surface area contributed by atoms with E-state index in [9.17, 15) is 9.59 Å². The summed E-state index contributed by atoms with van der Waals surface area (Å²) in [6.45, 7) is 3.61. The second-order valence-corrected chi connectivity index (χ2v) is 9.36. The van der Waals surface area contributed by atoms with Crippen LogP contribution in [0.1, 0.15) is 24.0 Å². The number of anilines is 2. The maximum atomic E-state index is 13.6. The van der Waals surface area contributed by atoms with Crippen molar-refractivity contribution in [3.8, 4) is 0 Å². The minimum Gasteiger partial charge on any atom is -0.352 e. The summed E-state index contributed by atoms with van der Waals surface area (Å²) in [6.07, 6.45) is 2.95. The van der Waals surface area contributed by atoms with Gasteiger partial charge in [-0.05, 0) is 55.7 Å². The highest BCUT2D eigenvalue weighted by molar-refractivity contribution is 6.30. The van der Waals surface area contributed by atoms with E-state index in [0.29, 0.717) is 60.2 Å². The third-order valence-corrected chi connectivity index (χ3v) is 6.64. The molecular formula is C27H26ClN5O2. The van der Waals surface area contributed by atoms with Crippen molar-refractivity contribution in [2.45, 2.75) is 26.3 Å². The number of nitrogens with one attached hydrogen (secondary N) is 1. The van der Waals surface area contributed by atoms with E-state index in [4.69, 9.17) is 11.6 Å². The molecule has 0 aliphatic carbocycles. The van der Waals surface area contributed by atoms with E-state index < -0.39 is 0 Å². The number of halogens is 1. The van der Waals surface area contributed by atoms with Crippen LogP contribution < -0.4 is 15.8 Å². The van der Waals surface area contributed by atoms with Gasteiger partial charge in [-0.2, -0.15) is 0 Å². The van der Waals surface area contributed by atoms with Crippen molar-refractivity contribution >= 4 is 40.2 Å². The van der Waals surface area contributed by atoms with Crippen LogP contribution in [0, 0.1) is 12.8 Å². The lowest BCUT2D eigenvalue weighted by atomic mass is 9.96. The predicted octanol–water partition coefficient (Wildman–Crippen LogP) is 4.66. The molecule has 3 heterocycles. The summed E-state index contributed by atoms with van der Waals surface area (Å²) in [5.41, 5.74) is 3.96. The van der Waals surface area contributed by atoms with E-state index in [1.165, 1.54) is 5.56 Å². The summed E-state index contributed by atoms with van der Waals surface area (Å²) in [5, 5.41) is 3.53. The van der Waals surface area contributed by atoms with Crippen LogP contribution in [-0.4, -0.2) is 33.5 Å². The summed E-state index contributed by atoms with van der Waals surface area (Å²) in [4.78, 5) is 37.5. The SMILES string of the molecule is Cc1ccc(Cn2c(=O)c(N3CCC(C(=O)Nc4cccc(Cl)c4)CC3)nc3cccnc32)cc1. The first-order valence-corrected chi connectivity index (χ1v) is 12.1. The molecular weight excluding hydrogens is 462 g/mol. The molecule has 1 N–H and O–H groups in total. The number of pyridine rings is 1. The van der Waals surface area contributed by atoms with Crippen LogP contribution in [0.5, 0.6) is 0 Å². The second-order valence-electron chi connectivity index (χ2n) is 8.92. The molecule has 1 fully saturated rings. The van der Waals surface area contributed by atoms with Gasteiger partial charge in [-0.1, -0.05) is 47.5 Å². The number of carbonyl (C=O) groups excluding carboxylic acids is 1. The van der Waals surface area contributed by atoms with Crippen molar-refractivity contribution in [3.05, 3.63) is 93.4 Å². The van der Waals surface area contributed by atoms with Gasteiger partial charge >= 0.3 is 0 Å². The Morgan fingerprint density at radius 1 is 1.09 bits per heavy atom. The number of fused-ring (bicyclic) bond motifs is 1. The largest absolute Gasteiger partial charge is 0.352 e. The Labute approximate surface area is 208 Å². The maximum Gasteiger partial charge on any atom is 0.295 e. The Bertz CT molecular complexity index is 1430. The Morgan fingerprint density at radius 3 is 2.60 bits per heavy atom.